The highest BCUT2D eigenvalue weighted by Crippen LogP contribution is 2.32. The van der Waals surface area contributed by atoms with E-state index < -0.39 is 0 Å². The smallest absolute Gasteiger partial charge is 0.201 e. The molecule has 0 radical (unpaired) electrons. The van der Waals surface area contributed by atoms with Crippen molar-refractivity contribution in [2.45, 2.75) is 37.6 Å². The molecule has 1 aliphatic carbocycles. The van der Waals surface area contributed by atoms with Crippen molar-refractivity contribution in [2.75, 3.05) is 11.2 Å². The number of nitrogens with zero attached hydrogens (tertiary/aromatic N) is 1. The van der Waals surface area contributed by atoms with E-state index in [0.717, 1.165) is 29.8 Å². The molecule has 0 atom stereocenters. The summed E-state index contributed by atoms with van der Waals surface area (Å²) in [5.74, 6) is 1.49. The molecule has 96 valence electrons. The second-order valence-electron chi connectivity index (χ2n) is 5.20. The zero-order chi connectivity index (χ0) is 12.4. The summed E-state index contributed by atoms with van der Waals surface area (Å²) >= 11 is 6.18. The van der Waals surface area contributed by atoms with Gasteiger partial charge >= 0.3 is 0 Å². The van der Waals surface area contributed by atoms with Crippen molar-refractivity contribution >= 4 is 28.6 Å². The van der Waals surface area contributed by atoms with E-state index in [2.05, 4.69) is 15.3 Å². The highest BCUT2D eigenvalue weighted by atomic mass is 35.5. The van der Waals surface area contributed by atoms with Crippen molar-refractivity contribution in [3.63, 3.8) is 0 Å². The molecule has 3 nitrogen and oxygen atoms in total. The van der Waals surface area contributed by atoms with Gasteiger partial charge in [-0.3, -0.25) is 0 Å². The Bertz CT molecular complexity index is 496. The van der Waals surface area contributed by atoms with Crippen molar-refractivity contribution in [2.24, 2.45) is 0 Å². The lowest BCUT2D eigenvalue weighted by Crippen LogP contribution is -2.42. The molecule has 0 saturated heterocycles. The average molecular weight is 264 g/mol. The number of alkyl halides is 1. The summed E-state index contributed by atoms with van der Waals surface area (Å²) in [5, 5.41) is 3.53. The van der Waals surface area contributed by atoms with Crippen LogP contribution in [0.25, 0.3) is 11.0 Å². The number of hydrogen-bond acceptors (Lipinski definition) is 2. The van der Waals surface area contributed by atoms with Crippen LogP contribution in [0.2, 0.25) is 0 Å². The fourth-order valence-corrected chi connectivity index (χ4v) is 3.12. The number of halogens is 1. The van der Waals surface area contributed by atoms with Crippen LogP contribution >= 0.6 is 11.6 Å². The van der Waals surface area contributed by atoms with E-state index in [1.54, 1.807) is 0 Å². The summed E-state index contributed by atoms with van der Waals surface area (Å²) < 4.78 is 0. The van der Waals surface area contributed by atoms with E-state index in [1.807, 2.05) is 24.3 Å². The first-order chi connectivity index (χ1) is 8.81. The van der Waals surface area contributed by atoms with Gasteiger partial charge in [-0.25, -0.2) is 4.98 Å². The van der Waals surface area contributed by atoms with Crippen LogP contribution in [0.1, 0.15) is 32.1 Å². The number of para-hydroxylation sites is 2. The minimum absolute atomic E-state index is 0.0215. The third kappa shape index (κ3) is 2.19. The average Bonchev–Trinajstić information content (AvgIpc) is 2.81. The zero-order valence-corrected chi connectivity index (χ0v) is 11.1. The Balaban J connectivity index is 1.85. The largest absolute Gasteiger partial charge is 0.349 e. The lowest BCUT2D eigenvalue weighted by atomic mass is 9.83. The predicted molar refractivity (Wildman–Crippen MR) is 76.3 cm³/mol. The molecule has 18 heavy (non-hydrogen) atoms. The van der Waals surface area contributed by atoms with E-state index in [1.165, 1.54) is 19.3 Å². The SMILES string of the molecule is ClCC1(Nc2nc3ccccc3[nH]2)CCCCC1. The minimum atomic E-state index is 0.0215. The maximum Gasteiger partial charge on any atom is 0.201 e. The van der Waals surface area contributed by atoms with Crippen molar-refractivity contribution in [3.8, 4) is 0 Å². The van der Waals surface area contributed by atoms with Gasteiger partial charge in [-0.05, 0) is 25.0 Å². The number of fused-ring (bicyclic) bond motifs is 1. The van der Waals surface area contributed by atoms with E-state index in [-0.39, 0.29) is 5.54 Å². The van der Waals surface area contributed by atoms with Crippen LogP contribution in [0.5, 0.6) is 0 Å². The Morgan fingerprint density at radius 2 is 2.00 bits per heavy atom. The second-order valence-corrected chi connectivity index (χ2v) is 5.47. The lowest BCUT2D eigenvalue weighted by Gasteiger charge is -2.36. The Kier molecular flexibility index (Phi) is 3.16. The molecule has 1 fully saturated rings. The van der Waals surface area contributed by atoms with Crippen molar-refractivity contribution in [1.82, 2.24) is 9.97 Å². The summed E-state index contributed by atoms with van der Waals surface area (Å²) in [7, 11) is 0. The van der Waals surface area contributed by atoms with Crippen LogP contribution in [0, 0.1) is 0 Å². The first kappa shape index (κ1) is 11.8. The topological polar surface area (TPSA) is 40.7 Å². The standard InChI is InChI=1S/C14H18ClN3/c15-10-14(8-4-1-5-9-14)18-13-16-11-6-2-3-7-12(11)17-13/h2-3,6-7H,1,4-5,8-10H2,(H2,16,17,18). The number of aromatic amines is 1. The van der Waals surface area contributed by atoms with Crippen LogP contribution in [-0.4, -0.2) is 21.4 Å². The highest BCUT2D eigenvalue weighted by molar-refractivity contribution is 6.18. The van der Waals surface area contributed by atoms with Gasteiger partial charge in [0.1, 0.15) is 0 Å². The van der Waals surface area contributed by atoms with E-state index in [9.17, 15) is 0 Å². The highest BCUT2D eigenvalue weighted by Gasteiger charge is 2.31. The van der Waals surface area contributed by atoms with Crippen molar-refractivity contribution < 1.29 is 0 Å². The van der Waals surface area contributed by atoms with Gasteiger partial charge in [0.2, 0.25) is 5.95 Å². The molecule has 3 rings (SSSR count). The van der Waals surface area contributed by atoms with Crippen LogP contribution in [0.15, 0.2) is 24.3 Å². The van der Waals surface area contributed by atoms with Crippen LogP contribution in [0.4, 0.5) is 5.95 Å². The number of benzene rings is 1. The van der Waals surface area contributed by atoms with Crippen molar-refractivity contribution in [3.05, 3.63) is 24.3 Å². The van der Waals surface area contributed by atoms with Gasteiger partial charge in [0, 0.05) is 5.88 Å². The first-order valence-corrected chi connectivity index (χ1v) is 7.14. The van der Waals surface area contributed by atoms with Crippen LogP contribution in [0.3, 0.4) is 0 Å². The van der Waals surface area contributed by atoms with Crippen molar-refractivity contribution in [1.29, 1.82) is 0 Å². The molecule has 1 heterocycles. The molecule has 0 amide bonds. The van der Waals surface area contributed by atoms with Gasteiger partial charge in [0.05, 0.1) is 16.6 Å². The first-order valence-electron chi connectivity index (χ1n) is 6.60. The van der Waals surface area contributed by atoms with Gasteiger partial charge in [-0.2, -0.15) is 0 Å². The summed E-state index contributed by atoms with van der Waals surface area (Å²) in [6.45, 7) is 0. The van der Waals surface area contributed by atoms with Crippen LogP contribution < -0.4 is 5.32 Å². The van der Waals surface area contributed by atoms with E-state index in [0.29, 0.717) is 5.88 Å². The molecule has 2 N–H and O–H groups in total. The number of anilines is 1. The summed E-state index contributed by atoms with van der Waals surface area (Å²) in [6.07, 6.45) is 6.08. The quantitative estimate of drug-likeness (QED) is 0.824. The molecule has 1 aromatic carbocycles. The molecule has 1 saturated carbocycles. The molecule has 0 unspecified atom stereocenters. The number of rotatable bonds is 3. The van der Waals surface area contributed by atoms with Gasteiger partial charge in [0.25, 0.3) is 0 Å². The maximum absolute atomic E-state index is 6.18. The fourth-order valence-electron chi connectivity index (χ4n) is 2.78. The third-order valence-corrected chi connectivity index (χ3v) is 4.35. The number of aromatic nitrogens is 2. The van der Waals surface area contributed by atoms with Gasteiger partial charge in [-0.15, -0.1) is 11.6 Å². The Morgan fingerprint density at radius 1 is 1.22 bits per heavy atom. The maximum atomic E-state index is 6.18. The molecule has 2 aromatic rings. The van der Waals surface area contributed by atoms with E-state index in [4.69, 9.17) is 11.6 Å². The number of imidazole rings is 1. The Labute approximate surface area is 112 Å². The van der Waals surface area contributed by atoms with Crippen LogP contribution in [-0.2, 0) is 0 Å². The molecular formula is C14H18ClN3. The second kappa shape index (κ2) is 4.81. The summed E-state index contributed by atoms with van der Waals surface area (Å²) in [4.78, 5) is 7.90. The monoisotopic (exact) mass is 263 g/mol. The summed E-state index contributed by atoms with van der Waals surface area (Å²) in [6, 6.07) is 8.08. The molecule has 0 bridgehead atoms. The number of H-pyrrole nitrogens is 1. The Morgan fingerprint density at radius 3 is 2.72 bits per heavy atom. The lowest BCUT2D eigenvalue weighted by molar-refractivity contribution is 0.352. The normalized spacial score (nSPS) is 18.9. The van der Waals surface area contributed by atoms with Gasteiger partial charge in [-0.1, -0.05) is 31.4 Å². The molecule has 0 aliphatic heterocycles. The number of hydrogen-bond donors (Lipinski definition) is 2. The number of nitrogens with one attached hydrogen (secondary N) is 2. The fraction of sp³-hybridized carbons (Fsp3) is 0.500. The van der Waals surface area contributed by atoms with E-state index >= 15 is 0 Å². The predicted octanol–water partition coefficient (Wildman–Crippen LogP) is 3.92. The third-order valence-electron chi connectivity index (χ3n) is 3.84. The molecule has 1 aromatic heterocycles. The zero-order valence-electron chi connectivity index (χ0n) is 10.4. The van der Waals surface area contributed by atoms with Gasteiger partial charge in [0.15, 0.2) is 0 Å². The molecular weight excluding hydrogens is 246 g/mol. The summed E-state index contributed by atoms with van der Waals surface area (Å²) in [5.41, 5.74) is 2.09. The molecule has 1 aliphatic rings. The van der Waals surface area contributed by atoms with Gasteiger partial charge < -0.3 is 10.3 Å². The minimum Gasteiger partial charge on any atom is -0.349 e. The Hall–Kier alpha value is -1.22. The molecule has 4 heteroatoms. The molecule has 0 spiro atoms.